The van der Waals surface area contributed by atoms with Crippen LogP contribution in [0.4, 0.5) is 0 Å². The molecule has 0 aliphatic carbocycles. The minimum absolute atomic E-state index is 0.219. The number of aromatic nitrogens is 1. The number of hydrogen-bond donors (Lipinski definition) is 0. The van der Waals surface area contributed by atoms with Gasteiger partial charge in [-0.2, -0.15) is 0 Å². The van der Waals surface area contributed by atoms with Gasteiger partial charge in [0.1, 0.15) is 0 Å². The first-order valence-electron chi connectivity index (χ1n) is 11.2. The number of benzene rings is 5. The second-order valence-corrected chi connectivity index (χ2v) is 8.55. The largest absolute Gasteiger partial charge is 0.310 e. The highest BCUT2D eigenvalue weighted by Gasteiger charge is 2.33. The molecule has 0 saturated carbocycles. The summed E-state index contributed by atoms with van der Waals surface area (Å²) in [4.78, 5) is 0. The van der Waals surface area contributed by atoms with Crippen molar-refractivity contribution in [1.82, 2.24) is 4.57 Å². The van der Waals surface area contributed by atoms with Gasteiger partial charge in [0.05, 0.1) is 5.52 Å². The Bertz CT molecular complexity index is 1610. The van der Waals surface area contributed by atoms with E-state index in [2.05, 4.69) is 126 Å². The average molecular weight is 405 g/mol. The maximum atomic E-state index is 2.49. The monoisotopic (exact) mass is 405 g/mol. The van der Waals surface area contributed by atoms with Crippen LogP contribution in [0.2, 0.25) is 0 Å². The Kier molecular flexibility index (Phi) is 3.71. The molecule has 7 rings (SSSR count). The molecular weight excluding hydrogens is 385 g/mol. The zero-order chi connectivity index (χ0) is 21.1. The van der Waals surface area contributed by atoms with E-state index in [-0.39, 0.29) is 6.71 Å². The first-order chi connectivity index (χ1) is 15.9. The Hall–Kier alpha value is -4.04. The fourth-order valence-corrected chi connectivity index (χ4v) is 5.57. The van der Waals surface area contributed by atoms with Gasteiger partial charge >= 0.3 is 0 Å². The molecule has 1 aliphatic rings. The molecule has 2 heterocycles. The van der Waals surface area contributed by atoms with Crippen LogP contribution in [0.25, 0.3) is 38.6 Å². The van der Waals surface area contributed by atoms with Crippen molar-refractivity contribution in [2.45, 2.75) is 0 Å². The lowest BCUT2D eigenvalue weighted by Gasteiger charge is -2.27. The van der Waals surface area contributed by atoms with Gasteiger partial charge in [-0.05, 0) is 34.2 Å². The van der Waals surface area contributed by atoms with Crippen molar-refractivity contribution in [3.05, 3.63) is 121 Å². The van der Waals surface area contributed by atoms with Gasteiger partial charge in [-0.25, -0.2) is 0 Å². The summed E-state index contributed by atoms with van der Waals surface area (Å²) in [6.07, 6.45) is 0. The van der Waals surface area contributed by atoms with Crippen LogP contribution in [-0.2, 0) is 0 Å². The molecule has 1 aliphatic heterocycles. The molecule has 0 atom stereocenters. The Morgan fingerprint density at radius 3 is 2.06 bits per heavy atom. The highest BCUT2D eigenvalue weighted by atomic mass is 15.0. The molecular formula is C30H20BN. The Morgan fingerprint density at radius 2 is 1.22 bits per heavy atom. The minimum Gasteiger partial charge on any atom is -0.310 e. The third kappa shape index (κ3) is 2.35. The van der Waals surface area contributed by atoms with Gasteiger partial charge in [-0.3, -0.25) is 0 Å². The van der Waals surface area contributed by atoms with Crippen molar-refractivity contribution < 1.29 is 0 Å². The van der Waals surface area contributed by atoms with E-state index in [1.807, 2.05) is 0 Å². The summed E-state index contributed by atoms with van der Waals surface area (Å²) in [6, 6.07) is 44.1. The Morgan fingerprint density at radius 1 is 0.531 bits per heavy atom. The van der Waals surface area contributed by atoms with Crippen LogP contribution in [0, 0.1) is 0 Å². The molecule has 0 N–H and O–H groups in total. The summed E-state index contributed by atoms with van der Waals surface area (Å²) in [5, 5.41) is 2.66. The van der Waals surface area contributed by atoms with Gasteiger partial charge in [-0.1, -0.05) is 115 Å². The Labute approximate surface area is 187 Å². The zero-order valence-corrected chi connectivity index (χ0v) is 17.6. The van der Waals surface area contributed by atoms with Crippen LogP contribution in [0.5, 0.6) is 0 Å². The van der Waals surface area contributed by atoms with Gasteiger partial charge < -0.3 is 4.57 Å². The first kappa shape index (κ1) is 17.6. The van der Waals surface area contributed by atoms with Gasteiger partial charge in [0, 0.05) is 22.0 Å². The van der Waals surface area contributed by atoms with Crippen LogP contribution < -0.4 is 16.4 Å². The average Bonchev–Trinajstić information content (AvgIpc) is 3.22. The summed E-state index contributed by atoms with van der Waals surface area (Å²) < 4.78 is 2.49. The second kappa shape index (κ2) is 6.73. The molecule has 148 valence electrons. The maximum absolute atomic E-state index is 2.49. The van der Waals surface area contributed by atoms with E-state index >= 15 is 0 Å². The molecule has 1 aromatic heterocycles. The van der Waals surface area contributed by atoms with Crippen LogP contribution in [-0.4, -0.2) is 11.3 Å². The van der Waals surface area contributed by atoms with E-state index in [0.717, 1.165) is 0 Å². The molecule has 0 spiro atoms. The smallest absolute Gasteiger partial charge is 0.246 e. The minimum atomic E-state index is 0.219. The maximum Gasteiger partial charge on any atom is 0.246 e. The highest BCUT2D eigenvalue weighted by molar-refractivity contribution is 6.98. The van der Waals surface area contributed by atoms with Crippen LogP contribution in [0.1, 0.15) is 0 Å². The van der Waals surface area contributed by atoms with Crippen molar-refractivity contribution in [3.63, 3.8) is 0 Å². The summed E-state index contributed by atoms with van der Waals surface area (Å²) in [6.45, 7) is 0.219. The number of hydrogen-bond acceptors (Lipinski definition) is 0. The predicted molar refractivity (Wildman–Crippen MR) is 137 cm³/mol. The normalized spacial score (nSPS) is 12.3. The lowest BCUT2D eigenvalue weighted by atomic mass is 9.35. The van der Waals surface area contributed by atoms with Gasteiger partial charge in [0.2, 0.25) is 6.71 Å². The molecule has 0 saturated heterocycles. The zero-order valence-electron chi connectivity index (χ0n) is 17.6. The Balaban J connectivity index is 1.70. The lowest BCUT2D eigenvalue weighted by molar-refractivity contribution is 1.19. The number of fused-ring (bicyclic) bond motifs is 5. The van der Waals surface area contributed by atoms with Crippen molar-refractivity contribution in [1.29, 1.82) is 0 Å². The van der Waals surface area contributed by atoms with E-state index in [0.29, 0.717) is 0 Å². The number of nitrogens with zero attached hydrogens (tertiary/aromatic N) is 1. The van der Waals surface area contributed by atoms with Crippen molar-refractivity contribution in [2.24, 2.45) is 0 Å². The predicted octanol–water partition coefficient (Wildman–Crippen LogP) is 5.28. The fraction of sp³-hybridized carbons (Fsp3) is 0. The summed E-state index contributed by atoms with van der Waals surface area (Å²) in [7, 11) is 0. The van der Waals surface area contributed by atoms with E-state index in [1.54, 1.807) is 0 Å². The number of rotatable bonds is 2. The van der Waals surface area contributed by atoms with Gasteiger partial charge in [0.25, 0.3) is 0 Å². The van der Waals surface area contributed by atoms with Crippen molar-refractivity contribution >= 4 is 44.9 Å². The topological polar surface area (TPSA) is 4.93 Å². The summed E-state index contributed by atoms with van der Waals surface area (Å²) >= 11 is 0. The second-order valence-electron chi connectivity index (χ2n) is 8.55. The molecule has 1 nitrogen and oxygen atoms in total. The van der Waals surface area contributed by atoms with Gasteiger partial charge in [0.15, 0.2) is 0 Å². The summed E-state index contributed by atoms with van der Waals surface area (Å²) in [5.74, 6) is 0. The summed E-state index contributed by atoms with van der Waals surface area (Å²) in [5.41, 5.74) is 10.5. The molecule has 0 amide bonds. The third-order valence-corrected chi connectivity index (χ3v) is 6.86. The number of para-hydroxylation sites is 2. The van der Waals surface area contributed by atoms with E-state index in [1.165, 1.54) is 55.0 Å². The molecule has 6 aromatic rings. The van der Waals surface area contributed by atoms with Crippen LogP contribution >= 0.6 is 0 Å². The van der Waals surface area contributed by atoms with E-state index in [9.17, 15) is 0 Å². The standard InChI is InChI=1S/C30H20BN/c1-3-11-21(12-4-1)23-19-20-26-30-29(23)24-15-7-9-17-27(24)32(30)28-18-10-8-16-25(28)31(26)22-13-5-2-6-14-22/h1-20H. The third-order valence-electron chi connectivity index (χ3n) is 6.86. The molecule has 5 aromatic carbocycles. The van der Waals surface area contributed by atoms with Crippen LogP contribution in [0.15, 0.2) is 121 Å². The molecule has 0 bridgehead atoms. The van der Waals surface area contributed by atoms with Crippen LogP contribution in [0.3, 0.4) is 0 Å². The quantitative estimate of drug-likeness (QED) is 0.345. The van der Waals surface area contributed by atoms with Crippen molar-refractivity contribution in [3.8, 4) is 16.8 Å². The highest BCUT2D eigenvalue weighted by Crippen LogP contribution is 2.38. The van der Waals surface area contributed by atoms with E-state index < -0.39 is 0 Å². The molecule has 0 unspecified atom stereocenters. The SMILES string of the molecule is c1ccc(B2c3ccccc3-n3c4ccccc4c4c(-c5ccccc5)ccc2c43)cc1. The lowest BCUT2D eigenvalue weighted by Crippen LogP contribution is -2.55. The fourth-order valence-electron chi connectivity index (χ4n) is 5.57. The molecule has 0 fully saturated rings. The first-order valence-corrected chi connectivity index (χ1v) is 11.2. The molecule has 32 heavy (non-hydrogen) atoms. The molecule has 2 heteroatoms. The van der Waals surface area contributed by atoms with E-state index in [4.69, 9.17) is 0 Å². The molecule has 0 radical (unpaired) electrons. The van der Waals surface area contributed by atoms with Crippen molar-refractivity contribution in [2.75, 3.05) is 0 Å². The van der Waals surface area contributed by atoms with Gasteiger partial charge in [-0.15, -0.1) is 0 Å².